The van der Waals surface area contributed by atoms with Gasteiger partial charge in [-0.25, -0.2) is 12.8 Å². The summed E-state index contributed by atoms with van der Waals surface area (Å²) in [6, 6.07) is 5.39. The van der Waals surface area contributed by atoms with E-state index in [9.17, 15) is 12.8 Å². The Labute approximate surface area is 71.2 Å². The zero-order valence-corrected chi connectivity index (χ0v) is 6.92. The largest absolute Gasteiger partial charge is 0.367 e. The highest BCUT2D eigenvalue weighted by Crippen LogP contribution is 2.08. The van der Waals surface area contributed by atoms with Gasteiger partial charge in [0.1, 0.15) is 5.82 Å². The minimum absolute atomic E-state index is 0.355. The van der Waals surface area contributed by atoms with Crippen LogP contribution in [-0.2, 0) is 10.7 Å². The van der Waals surface area contributed by atoms with Crippen molar-refractivity contribution in [2.45, 2.75) is 0 Å². The van der Waals surface area contributed by atoms with Crippen molar-refractivity contribution >= 4 is 16.4 Å². The summed E-state index contributed by atoms with van der Waals surface area (Å²) in [4.78, 5) is 0. The van der Waals surface area contributed by atoms with E-state index < -0.39 is 10.7 Å². The fraction of sp³-hybridized carbons (Fsp3) is 0. The first-order valence-corrected chi connectivity index (χ1v) is 4.42. The Morgan fingerprint density at radius 2 is 1.83 bits per heavy atom. The number of rotatable bonds is 3. The highest BCUT2D eigenvalue weighted by atomic mass is 32.2. The first-order chi connectivity index (χ1) is 5.68. The second-order valence-corrected chi connectivity index (χ2v) is 2.89. The Morgan fingerprint density at radius 3 is 2.33 bits per heavy atom. The molecular weight excluding hydrogens is 181 g/mol. The molecule has 3 nitrogen and oxygen atoms in total. The van der Waals surface area contributed by atoms with E-state index in [1.54, 1.807) is 0 Å². The molecule has 12 heavy (non-hydrogen) atoms. The molecule has 0 aliphatic carbocycles. The van der Waals surface area contributed by atoms with Gasteiger partial charge in [-0.15, -0.1) is 0 Å². The Hall–Kier alpha value is -1.10. The third-order valence-electron chi connectivity index (χ3n) is 1.18. The van der Waals surface area contributed by atoms with Gasteiger partial charge < -0.3 is 5.32 Å². The van der Waals surface area contributed by atoms with Crippen LogP contribution in [-0.4, -0.2) is 8.42 Å². The lowest BCUT2D eigenvalue weighted by Gasteiger charge is -1.99. The molecule has 5 heteroatoms. The average Bonchev–Trinajstić information content (AvgIpc) is 2.03. The Kier molecular flexibility index (Phi) is 3.04. The zero-order chi connectivity index (χ0) is 8.97. The summed E-state index contributed by atoms with van der Waals surface area (Å²) in [5.41, 5.74) is 0.538. The van der Waals surface area contributed by atoms with E-state index in [-0.39, 0.29) is 5.82 Å². The second kappa shape index (κ2) is 4.06. The molecule has 1 rings (SSSR count). The lowest BCUT2D eigenvalue weighted by molar-refractivity contribution is 0.619. The summed E-state index contributed by atoms with van der Waals surface area (Å²) in [5.74, 6) is 0.565. The predicted octanol–water partition coefficient (Wildman–Crippen LogP) is 0.968. The molecule has 0 fully saturated rings. The molecule has 0 saturated heterocycles. The molecule has 0 amide bonds. The molecule has 1 aromatic carbocycles. The summed E-state index contributed by atoms with van der Waals surface area (Å²) < 4.78 is 32.5. The SMILES string of the molecule is O=[SH](=O)[CH]Nc1ccc(F)cc1. The van der Waals surface area contributed by atoms with Crippen LogP contribution in [0.5, 0.6) is 0 Å². The van der Waals surface area contributed by atoms with E-state index >= 15 is 0 Å². The maximum Gasteiger partial charge on any atom is 0.164 e. The Morgan fingerprint density at radius 1 is 1.25 bits per heavy atom. The van der Waals surface area contributed by atoms with Crippen LogP contribution in [0.3, 0.4) is 0 Å². The van der Waals surface area contributed by atoms with E-state index in [0.29, 0.717) is 5.69 Å². The number of halogens is 1. The van der Waals surface area contributed by atoms with E-state index in [0.717, 1.165) is 5.88 Å². The van der Waals surface area contributed by atoms with Crippen LogP contribution in [0.2, 0.25) is 0 Å². The number of hydrogen-bond acceptors (Lipinski definition) is 3. The first kappa shape index (κ1) is 8.99. The minimum Gasteiger partial charge on any atom is -0.367 e. The monoisotopic (exact) mass is 188 g/mol. The molecule has 0 saturated carbocycles. The lowest BCUT2D eigenvalue weighted by atomic mass is 10.3. The minimum atomic E-state index is -2.56. The van der Waals surface area contributed by atoms with E-state index in [1.165, 1.54) is 24.3 Å². The van der Waals surface area contributed by atoms with Gasteiger partial charge in [-0.1, -0.05) is 0 Å². The molecule has 1 radical (unpaired) electrons. The number of thiol groups is 1. The number of benzene rings is 1. The molecule has 0 heterocycles. The van der Waals surface area contributed by atoms with Gasteiger partial charge in [0.05, 0.1) is 0 Å². The molecular formula is C7H7FNO2S. The smallest absolute Gasteiger partial charge is 0.164 e. The molecule has 0 aromatic heterocycles. The van der Waals surface area contributed by atoms with Gasteiger partial charge in [0, 0.05) is 5.69 Å². The van der Waals surface area contributed by atoms with Crippen molar-refractivity contribution in [2.24, 2.45) is 0 Å². The number of hydrogen-bond donors (Lipinski definition) is 2. The summed E-state index contributed by atoms with van der Waals surface area (Å²) >= 11 is 0. The molecule has 0 aliphatic heterocycles. The van der Waals surface area contributed by atoms with Gasteiger partial charge >= 0.3 is 0 Å². The number of anilines is 1. The van der Waals surface area contributed by atoms with Crippen LogP contribution in [0.4, 0.5) is 10.1 Å². The normalized spacial score (nSPS) is 10.2. The lowest BCUT2D eigenvalue weighted by Crippen LogP contribution is -1.95. The van der Waals surface area contributed by atoms with Crippen LogP contribution < -0.4 is 5.32 Å². The molecule has 0 atom stereocenters. The maximum absolute atomic E-state index is 12.3. The summed E-state index contributed by atoms with van der Waals surface area (Å²) in [6.07, 6.45) is 0. The van der Waals surface area contributed by atoms with Gasteiger partial charge in [-0.05, 0) is 24.3 Å². The van der Waals surface area contributed by atoms with Crippen LogP contribution in [0.25, 0.3) is 0 Å². The third kappa shape index (κ3) is 2.87. The molecule has 1 N–H and O–H groups in total. The number of nitrogens with one attached hydrogen (secondary N) is 1. The summed E-state index contributed by atoms with van der Waals surface area (Å²) in [6.45, 7) is 0. The van der Waals surface area contributed by atoms with Crippen molar-refractivity contribution in [3.05, 3.63) is 36.0 Å². The van der Waals surface area contributed by atoms with Crippen molar-refractivity contribution in [2.75, 3.05) is 5.32 Å². The van der Waals surface area contributed by atoms with Crippen molar-refractivity contribution in [3.8, 4) is 0 Å². The first-order valence-electron chi connectivity index (χ1n) is 3.17. The maximum atomic E-state index is 12.3. The predicted molar refractivity (Wildman–Crippen MR) is 44.6 cm³/mol. The highest BCUT2D eigenvalue weighted by molar-refractivity contribution is 7.74. The second-order valence-electron chi connectivity index (χ2n) is 2.07. The summed E-state index contributed by atoms with van der Waals surface area (Å²) in [7, 11) is -2.56. The van der Waals surface area contributed by atoms with Crippen LogP contribution in [0, 0.1) is 11.7 Å². The van der Waals surface area contributed by atoms with Crippen molar-refractivity contribution in [3.63, 3.8) is 0 Å². The quantitative estimate of drug-likeness (QED) is 0.695. The van der Waals surface area contributed by atoms with Crippen molar-refractivity contribution < 1.29 is 12.8 Å². The van der Waals surface area contributed by atoms with Gasteiger partial charge in [0.25, 0.3) is 0 Å². The molecule has 65 valence electrons. The molecule has 0 unspecified atom stereocenters. The molecule has 1 aromatic rings. The van der Waals surface area contributed by atoms with Gasteiger partial charge in [-0.2, -0.15) is 0 Å². The van der Waals surface area contributed by atoms with Crippen LogP contribution in [0.1, 0.15) is 0 Å². The topological polar surface area (TPSA) is 46.2 Å². The molecule has 0 bridgehead atoms. The van der Waals surface area contributed by atoms with Crippen LogP contribution >= 0.6 is 0 Å². The van der Waals surface area contributed by atoms with Crippen molar-refractivity contribution in [1.29, 1.82) is 0 Å². The highest BCUT2D eigenvalue weighted by Gasteiger charge is 1.92. The molecule has 0 spiro atoms. The third-order valence-corrected chi connectivity index (χ3v) is 1.52. The van der Waals surface area contributed by atoms with Crippen molar-refractivity contribution in [1.82, 2.24) is 0 Å². The van der Waals surface area contributed by atoms with Gasteiger partial charge in [0.15, 0.2) is 16.6 Å². The van der Waals surface area contributed by atoms with Gasteiger partial charge in [-0.3, -0.25) is 0 Å². The van der Waals surface area contributed by atoms with Crippen LogP contribution in [0.15, 0.2) is 24.3 Å². The Bertz CT molecular complexity index is 313. The fourth-order valence-corrected chi connectivity index (χ4v) is 0.928. The van der Waals surface area contributed by atoms with E-state index in [1.807, 2.05) is 0 Å². The standard InChI is InChI=1S/C7H7FNO2S/c8-6-1-3-7(4-2-6)9-5-12(10)11/h1-5,9,12H. The van der Waals surface area contributed by atoms with Gasteiger partial charge in [0.2, 0.25) is 0 Å². The zero-order valence-electron chi connectivity index (χ0n) is 6.03. The Balaban J connectivity index is 2.59. The summed E-state index contributed by atoms with van der Waals surface area (Å²) in [5, 5.41) is 2.48. The molecule has 0 aliphatic rings. The fourth-order valence-electron chi connectivity index (χ4n) is 0.673. The van der Waals surface area contributed by atoms with E-state index in [2.05, 4.69) is 5.32 Å². The van der Waals surface area contributed by atoms with E-state index in [4.69, 9.17) is 0 Å². The average molecular weight is 188 g/mol.